The number of urea groups is 1. The molecule has 1 aromatic rings. The van der Waals surface area contributed by atoms with Crippen molar-refractivity contribution in [2.75, 3.05) is 19.6 Å². The van der Waals surface area contributed by atoms with Gasteiger partial charge in [0.05, 0.1) is 18.6 Å². The van der Waals surface area contributed by atoms with Crippen LogP contribution in [-0.2, 0) is 0 Å². The maximum atomic E-state index is 11.1. The Labute approximate surface area is 81.9 Å². The zero-order chi connectivity index (χ0) is 9.97. The minimum absolute atomic E-state index is 0.000000000000000666. The van der Waals surface area contributed by atoms with E-state index in [1.807, 2.05) is 6.07 Å². The van der Waals surface area contributed by atoms with Crippen LogP contribution in [0, 0.1) is 0 Å². The van der Waals surface area contributed by atoms with Crippen molar-refractivity contribution < 1.29 is 9.21 Å². The summed E-state index contributed by atoms with van der Waals surface area (Å²) in [6.45, 7) is 2.16. The van der Waals surface area contributed by atoms with Gasteiger partial charge in [-0.2, -0.15) is 0 Å². The van der Waals surface area contributed by atoms with Crippen molar-refractivity contribution in [1.29, 1.82) is 0 Å². The van der Waals surface area contributed by atoms with Crippen LogP contribution in [-0.4, -0.2) is 30.6 Å². The number of carbonyl (C=O) groups excluding carboxylic acids is 1. The summed E-state index contributed by atoms with van der Waals surface area (Å²) < 4.78 is 4.99. The largest absolute Gasteiger partial charge is 0.472 e. The lowest BCUT2D eigenvalue weighted by Gasteiger charge is -2.34. The Morgan fingerprint density at radius 1 is 1.71 bits per heavy atom. The average molecular weight is 195 g/mol. The van der Waals surface area contributed by atoms with Crippen molar-refractivity contribution in [3.05, 3.63) is 24.2 Å². The maximum Gasteiger partial charge on any atom is 0.315 e. The molecule has 5 nitrogen and oxygen atoms in total. The van der Waals surface area contributed by atoms with Gasteiger partial charge in [0.15, 0.2) is 0 Å². The lowest BCUT2D eigenvalue weighted by atomic mass is 10.1. The number of carbonyl (C=O) groups is 1. The highest BCUT2D eigenvalue weighted by Gasteiger charge is 2.26. The number of rotatable bonds is 1. The van der Waals surface area contributed by atoms with E-state index in [1.165, 1.54) is 0 Å². The average Bonchev–Trinajstić information content (AvgIpc) is 2.70. The number of hydrogen-bond acceptors (Lipinski definition) is 3. The van der Waals surface area contributed by atoms with E-state index in [4.69, 9.17) is 10.2 Å². The number of hydrogen-bond donors (Lipinski definition) is 2. The van der Waals surface area contributed by atoms with Gasteiger partial charge in [-0.3, -0.25) is 0 Å². The van der Waals surface area contributed by atoms with Crippen LogP contribution in [0.15, 0.2) is 23.0 Å². The molecule has 0 saturated carbocycles. The summed E-state index contributed by atoms with van der Waals surface area (Å²) in [7, 11) is 0. The predicted octanol–water partition coefficient (Wildman–Crippen LogP) is 0.305. The Bertz CT molecular complexity index is 310. The lowest BCUT2D eigenvalue weighted by Crippen LogP contribution is -2.50. The van der Waals surface area contributed by atoms with Gasteiger partial charge in [0.25, 0.3) is 0 Å². The maximum absolute atomic E-state index is 11.1. The summed E-state index contributed by atoms with van der Waals surface area (Å²) in [4.78, 5) is 12.8. The first-order valence-electron chi connectivity index (χ1n) is 4.58. The summed E-state index contributed by atoms with van der Waals surface area (Å²) in [5, 5.41) is 3.22. The van der Waals surface area contributed by atoms with E-state index in [9.17, 15) is 4.79 Å². The topological polar surface area (TPSA) is 71.5 Å². The van der Waals surface area contributed by atoms with Crippen molar-refractivity contribution in [2.45, 2.75) is 6.04 Å². The van der Waals surface area contributed by atoms with Crippen LogP contribution in [0.5, 0.6) is 0 Å². The SMILES string of the molecule is NC(=O)N1CCNCC1c1ccoc1. The first-order valence-corrected chi connectivity index (χ1v) is 4.58. The molecule has 0 spiro atoms. The molecule has 2 rings (SSSR count). The molecule has 1 atom stereocenters. The Morgan fingerprint density at radius 2 is 2.57 bits per heavy atom. The minimum atomic E-state index is -0.377. The second-order valence-electron chi connectivity index (χ2n) is 3.31. The normalized spacial score (nSPS) is 22.3. The predicted molar refractivity (Wildman–Crippen MR) is 50.6 cm³/mol. The third-order valence-corrected chi connectivity index (χ3v) is 2.45. The standard InChI is InChI=1S/C9H13N3O2/c10-9(13)12-3-2-11-5-8(12)7-1-4-14-6-7/h1,4,6,8,11H,2-3,5H2,(H2,10,13). The molecular weight excluding hydrogens is 182 g/mol. The fourth-order valence-corrected chi connectivity index (χ4v) is 1.73. The molecule has 0 bridgehead atoms. The molecule has 5 heteroatoms. The highest BCUT2D eigenvalue weighted by atomic mass is 16.3. The number of piperazine rings is 1. The van der Waals surface area contributed by atoms with E-state index in [2.05, 4.69) is 5.32 Å². The van der Waals surface area contributed by atoms with Gasteiger partial charge >= 0.3 is 6.03 Å². The Hall–Kier alpha value is -1.49. The summed E-state index contributed by atoms with van der Waals surface area (Å²) >= 11 is 0. The quantitative estimate of drug-likeness (QED) is 0.677. The molecule has 0 radical (unpaired) electrons. The summed E-state index contributed by atoms with van der Waals surface area (Å²) in [5.41, 5.74) is 6.27. The summed E-state index contributed by atoms with van der Waals surface area (Å²) in [5.74, 6) is 0. The number of amides is 2. The fourth-order valence-electron chi connectivity index (χ4n) is 1.73. The number of furan rings is 1. The van der Waals surface area contributed by atoms with E-state index in [1.54, 1.807) is 17.4 Å². The molecule has 1 aliphatic heterocycles. The van der Waals surface area contributed by atoms with Gasteiger partial charge < -0.3 is 20.4 Å². The molecule has 2 amide bonds. The van der Waals surface area contributed by atoms with Gasteiger partial charge in [-0.1, -0.05) is 0 Å². The van der Waals surface area contributed by atoms with Gasteiger partial charge in [-0.05, 0) is 6.07 Å². The van der Waals surface area contributed by atoms with E-state index >= 15 is 0 Å². The van der Waals surface area contributed by atoms with Crippen molar-refractivity contribution in [1.82, 2.24) is 10.2 Å². The molecule has 76 valence electrons. The smallest absolute Gasteiger partial charge is 0.315 e. The first-order chi connectivity index (χ1) is 6.79. The van der Waals surface area contributed by atoms with Crippen molar-refractivity contribution in [2.24, 2.45) is 5.73 Å². The van der Waals surface area contributed by atoms with Gasteiger partial charge in [0, 0.05) is 25.2 Å². The molecule has 1 aliphatic rings. The molecule has 0 aromatic carbocycles. The number of nitrogens with two attached hydrogens (primary N) is 1. The fraction of sp³-hybridized carbons (Fsp3) is 0.444. The van der Waals surface area contributed by atoms with Gasteiger partial charge in [-0.15, -0.1) is 0 Å². The third kappa shape index (κ3) is 1.58. The molecule has 1 saturated heterocycles. The third-order valence-electron chi connectivity index (χ3n) is 2.45. The zero-order valence-corrected chi connectivity index (χ0v) is 7.77. The molecular formula is C9H13N3O2. The lowest BCUT2D eigenvalue weighted by molar-refractivity contribution is 0.167. The molecule has 1 aromatic heterocycles. The van der Waals surface area contributed by atoms with Crippen LogP contribution in [0.4, 0.5) is 4.79 Å². The number of nitrogens with zero attached hydrogens (tertiary/aromatic N) is 1. The van der Waals surface area contributed by atoms with Crippen molar-refractivity contribution in [3.63, 3.8) is 0 Å². The second kappa shape index (κ2) is 3.71. The minimum Gasteiger partial charge on any atom is -0.472 e. The number of primary amides is 1. The van der Waals surface area contributed by atoms with Gasteiger partial charge in [0.2, 0.25) is 0 Å². The highest BCUT2D eigenvalue weighted by molar-refractivity contribution is 5.72. The molecule has 2 heterocycles. The van der Waals surface area contributed by atoms with Crippen molar-refractivity contribution >= 4 is 6.03 Å². The van der Waals surface area contributed by atoms with Crippen LogP contribution in [0.25, 0.3) is 0 Å². The van der Waals surface area contributed by atoms with Crippen molar-refractivity contribution in [3.8, 4) is 0 Å². The molecule has 14 heavy (non-hydrogen) atoms. The van der Waals surface area contributed by atoms with Crippen LogP contribution < -0.4 is 11.1 Å². The summed E-state index contributed by atoms with van der Waals surface area (Å²) in [6.07, 6.45) is 3.25. The molecule has 1 fully saturated rings. The monoisotopic (exact) mass is 195 g/mol. The van der Waals surface area contributed by atoms with E-state index < -0.39 is 0 Å². The Morgan fingerprint density at radius 3 is 3.21 bits per heavy atom. The Kier molecular flexibility index (Phi) is 2.41. The van der Waals surface area contributed by atoms with Gasteiger partial charge in [0.1, 0.15) is 0 Å². The van der Waals surface area contributed by atoms with E-state index in [0.29, 0.717) is 6.54 Å². The zero-order valence-electron chi connectivity index (χ0n) is 7.77. The van der Waals surface area contributed by atoms with Crippen LogP contribution >= 0.6 is 0 Å². The van der Waals surface area contributed by atoms with Crippen LogP contribution in [0.1, 0.15) is 11.6 Å². The second-order valence-corrected chi connectivity index (χ2v) is 3.31. The molecule has 0 aliphatic carbocycles. The van der Waals surface area contributed by atoms with E-state index in [0.717, 1.165) is 18.7 Å². The highest BCUT2D eigenvalue weighted by Crippen LogP contribution is 2.21. The number of nitrogens with one attached hydrogen (secondary N) is 1. The molecule has 1 unspecified atom stereocenters. The first kappa shape index (κ1) is 9.08. The van der Waals surface area contributed by atoms with Gasteiger partial charge in [-0.25, -0.2) is 4.79 Å². The van der Waals surface area contributed by atoms with E-state index in [-0.39, 0.29) is 12.1 Å². The molecule has 3 N–H and O–H groups in total. The Balaban J connectivity index is 2.18. The van der Waals surface area contributed by atoms with Crippen LogP contribution in [0.2, 0.25) is 0 Å². The van der Waals surface area contributed by atoms with Crippen LogP contribution in [0.3, 0.4) is 0 Å². The summed E-state index contributed by atoms with van der Waals surface area (Å²) in [6, 6.07) is 1.48.